The fourth-order valence-corrected chi connectivity index (χ4v) is 2.52. The Balaban J connectivity index is 2.04. The zero-order valence-electron chi connectivity index (χ0n) is 9.50. The van der Waals surface area contributed by atoms with E-state index in [-0.39, 0.29) is 0 Å². The first-order chi connectivity index (χ1) is 8.13. The van der Waals surface area contributed by atoms with Gasteiger partial charge in [-0.3, -0.25) is 0 Å². The Morgan fingerprint density at radius 2 is 1.65 bits per heavy atom. The zero-order valence-corrected chi connectivity index (χ0v) is 12.7. The molecule has 0 amide bonds. The number of hydrogen-bond acceptors (Lipinski definition) is 1. The van der Waals surface area contributed by atoms with E-state index in [2.05, 4.69) is 86.6 Å². The Hall–Kier alpha value is -0.800. The lowest BCUT2D eigenvalue weighted by Gasteiger charge is -2.08. The van der Waals surface area contributed by atoms with Crippen LogP contribution in [0.25, 0.3) is 0 Å². The van der Waals surface area contributed by atoms with E-state index >= 15 is 0 Å². The van der Waals surface area contributed by atoms with Gasteiger partial charge in [-0.1, -0.05) is 44.0 Å². The topological polar surface area (TPSA) is 12.0 Å². The van der Waals surface area contributed by atoms with E-state index in [1.165, 1.54) is 11.1 Å². The van der Waals surface area contributed by atoms with Gasteiger partial charge < -0.3 is 5.32 Å². The van der Waals surface area contributed by atoms with Crippen molar-refractivity contribution < 1.29 is 0 Å². The fourth-order valence-electron chi connectivity index (χ4n) is 1.64. The van der Waals surface area contributed by atoms with Gasteiger partial charge in [0.2, 0.25) is 0 Å². The van der Waals surface area contributed by atoms with Crippen molar-refractivity contribution in [3.63, 3.8) is 0 Å². The molecule has 2 aromatic carbocycles. The quantitative estimate of drug-likeness (QED) is 0.805. The molecule has 1 nitrogen and oxygen atoms in total. The first-order valence-corrected chi connectivity index (χ1v) is 6.97. The molecule has 2 aromatic rings. The monoisotopic (exact) mass is 353 g/mol. The molecule has 0 aromatic heterocycles. The van der Waals surface area contributed by atoms with E-state index in [9.17, 15) is 0 Å². The number of halogens is 2. The van der Waals surface area contributed by atoms with Crippen molar-refractivity contribution in [2.45, 2.75) is 13.5 Å². The first-order valence-electron chi connectivity index (χ1n) is 5.39. The maximum Gasteiger partial charge on any atom is 0.0400 e. The molecule has 0 saturated heterocycles. The van der Waals surface area contributed by atoms with Crippen molar-refractivity contribution in [1.82, 2.24) is 0 Å². The first kappa shape index (κ1) is 12.7. The number of nitrogens with one attached hydrogen (secondary N) is 1. The molecule has 0 unspecified atom stereocenters. The van der Waals surface area contributed by atoms with Crippen molar-refractivity contribution >= 4 is 37.5 Å². The van der Waals surface area contributed by atoms with E-state index in [1.54, 1.807) is 0 Å². The van der Waals surface area contributed by atoms with Crippen molar-refractivity contribution in [2.75, 3.05) is 5.32 Å². The zero-order chi connectivity index (χ0) is 12.3. The van der Waals surface area contributed by atoms with Crippen LogP contribution in [0.4, 0.5) is 5.69 Å². The van der Waals surface area contributed by atoms with Crippen molar-refractivity contribution in [3.8, 4) is 0 Å². The van der Waals surface area contributed by atoms with Crippen LogP contribution < -0.4 is 5.32 Å². The van der Waals surface area contributed by atoms with E-state index < -0.39 is 0 Å². The van der Waals surface area contributed by atoms with E-state index in [0.29, 0.717) is 0 Å². The number of benzene rings is 2. The van der Waals surface area contributed by atoms with Crippen molar-refractivity contribution in [3.05, 3.63) is 62.5 Å². The smallest absolute Gasteiger partial charge is 0.0400 e. The highest BCUT2D eigenvalue weighted by molar-refractivity contribution is 9.10. The second kappa shape index (κ2) is 5.69. The van der Waals surface area contributed by atoms with Gasteiger partial charge in [0, 0.05) is 21.2 Å². The highest BCUT2D eigenvalue weighted by Crippen LogP contribution is 2.20. The van der Waals surface area contributed by atoms with Gasteiger partial charge in [0.1, 0.15) is 0 Å². The standard InChI is InChI=1S/C14H13Br2N/c1-10-6-13(16)8-14(7-10)17-9-11-2-4-12(15)5-3-11/h2-8,17H,9H2,1H3. The molecule has 3 heteroatoms. The van der Waals surface area contributed by atoms with E-state index in [0.717, 1.165) is 21.2 Å². The minimum Gasteiger partial charge on any atom is -0.381 e. The molecule has 1 N–H and O–H groups in total. The summed E-state index contributed by atoms with van der Waals surface area (Å²) >= 11 is 6.94. The Bertz CT molecular complexity index is 486. The van der Waals surface area contributed by atoms with Crippen LogP contribution in [0, 0.1) is 6.92 Å². The predicted molar refractivity (Wildman–Crippen MR) is 80.3 cm³/mol. The lowest BCUT2D eigenvalue weighted by molar-refractivity contribution is 1.14. The molecule has 0 aliphatic rings. The molecule has 0 saturated carbocycles. The number of anilines is 1. The summed E-state index contributed by atoms with van der Waals surface area (Å²) in [6, 6.07) is 14.7. The third-order valence-corrected chi connectivity index (χ3v) is 3.44. The Morgan fingerprint density at radius 1 is 0.941 bits per heavy atom. The molecule has 0 heterocycles. The summed E-state index contributed by atoms with van der Waals surface area (Å²) in [7, 11) is 0. The summed E-state index contributed by atoms with van der Waals surface area (Å²) in [4.78, 5) is 0. The fraction of sp³-hybridized carbons (Fsp3) is 0.143. The van der Waals surface area contributed by atoms with Gasteiger partial charge in [0.25, 0.3) is 0 Å². The van der Waals surface area contributed by atoms with Crippen LogP contribution in [-0.4, -0.2) is 0 Å². The molecule has 0 aliphatic heterocycles. The minimum absolute atomic E-state index is 0.836. The second-order valence-electron chi connectivity index (χ2n) is 4.00. The van der Waals surface area contributed by atoms with Gasteiger partial charge in [-0.25, -0.2) is 0 Å². The van der Waals surface area contributed by atoms with E-state index in [4.69, 9.17) is 0 Å². The Morgan fingerprint density at radius 3 is 2.29 bits per heavy atom. The maximum atomic E-state index is 3.50. The molecular formula is C14H13Br2N. The molecule has 0 aliphatic carbocycles. The van der Waals surface area contributed by atoms with Crippen LogP contribution in [0.5, 0.6) is 0 Å². The lowest BCUT2D eigenvalue weighted by Crippen LogP contribution is -1.99. The normalized spacial score (nSPS) is 10.3. The second-order valence-corrected chi connectivity index (χ2v) is 5.83. The third-order valence-electron chi connectivity index (χ3n) is 2.45. The van der Waals surface area contributed by atoms with Crippen LogP contribution in [0.3, 0.4) is 0 Å². The van der Waals surface area contributed by atoms with Gasteiger partial charge >= 0.3 is 0 Å². The van der Waals surface area contributed by atoms with Crippen LogP contribution in [-0.2, 0) is 6.54 Å². The average molecular weight is 355 g/mol. The van der Waals surface area contributed by atoms with Gasteiger partial charge in [-0.2, -0.15) is 0 Å². The summed E-state index contributed by atoms with van der Waals surface area (Å²) in [5.74, 6) is 0. The summed E-state index contributed by atoms with van der Waals surface area (Å²) in [5.41, 5.74) is 3.66. The molecule has 0 fully saturated rings. The van der Waals surface area contributed by atoms with Gasteiger partial charge in [-0.15, -0.1) is 0 Å². The Labute approximate surface area is 119 Å². The number of rotatable bonds is 3. The summed E-state index contributed by atoms with van der Waals surface area (Å²) in [6.45, 7) is 2.93. The average Bonchev–Trinajstić information content (AvgIpc) is 2.27. The summed E-state index contributed by atoms with van der Waals surface area (Å²) in [5, 5.41) is 3.42. The molecule has 2 rings (SSSR count). The molecular weight excluding hydrogens is 342 g/mol. The van der Waals surface area contributed by atoms with Crippen molar-refractivity contribution in [1.29, 1.82) is 0 Å². The summed E-state index contributed by atoms with van der Waals surface area (Å²) in [6.07, 6.45) is 0. The van der Waals surface area contributed by atoms with Crippen molar-refractivity contribution in [2.24, 2.45) is 0 Å². The van der Waals surface area contributed by atoms with Gasteiger partial charge in [-0.05, 0) is 48.4 Å². The number of hydrogen-bond donors (Lipinski definition) is 1. The molecule has 0 radical (unpaired) electrons. The van der Waals surface area contributed by atoms with Gasteiger partial charge in [0.05, 0.1) is 0 Å². The highest BCUT2D eigenvalue weighted by Gasteiger charge is 1.97. The Kier molecular flexibility index (Phi) is 4.24. The number of aryl methyl sites for hydroxylation is 1. The molecule has 0 atom stereocenters. The molecule has 88 valence electrons. The molecule has 0 bridgehead atoms. The third kappa shape index (κ3) is 3.86. The van der Waals surface area contributed by atoms with Crippen LogP contribution >= 0.6 is 31.9 Å². The van der Waals surface area contributed by atoms with E-state index in [1.807, 2.05) is 0 Å². The van der Waals surface area contributed by atoms with Crippen LogP contribution in [0.15, 0.2) is 51.4 Å². The lowest BCUT2D eigenvalue weighted by atomic mass is 10.2. The largest absolute Gasteiger partial charge is 0.381 e. The van der Waals surface area contributed by atoms with Crippen LogP contribution in [0.2, 0.25) is 0 Å². The summed E-state index contributed by atoms with van der Waals surface area (Å²) < 4.78 is 2.22. The van der Waals surface area contributed by atoms with Gasteiger partial charge in [0.15, 0.2) is 0 Å². The highest BCUT2D eigenvalue weighted by atomic mass is 79.9. The molecule has 0 spiro atoms. The minimum atomic E-state index is 0.836. The SMILES string of the molecule is Cc1cc(Br)cc(NCc2ccc(Br)cc2)c1. The molecule has 17 heavy (non-hydrogen) atoms. The predicted octanol–water partition coefficient (Wildman–Crippen LogP) is 5.13. The van der Waals surface area contributed by atoms with Crippen LogP contribution in [0.1, 0.15) is 11.1 Å². The maximum absolute atomic E-state index is 3.50.